The molecule has 0 aromatic carbocycles. The van der Waals surface area contributed by atoms with Crippen molar-refractivity contribution < 1.29 is 18.1 Å². The van der Waals surface area contributed by atoms with Crippen molar-refractivity contribution in [3.63, 3.8) is 0 Å². The van der Waals surface area contributed by atoms with Gasteiger partial charge in [0.15, 0.2) is 17.5 Å². The molecule has 82 valence electrons. The maximum atomic E-state index is 13.2. The van der Waals surface area contributed by atoms with E-state index in [4.69, 9.17) is 11.6 Å². The van der Waals surface area contributed by atoms with Crippen LogP contribution in [0.3, 0.4) is 0 Å². The molecule has 0 fully saturated rings. The highest BCUT2D eigenvalue weighted by atomic mass is 35.5. The lowest BCUT2D eigenvalue weighted by molar-refractivity contribution is -0.191. The summed E-state index contributed by atoms with van der Waals surface area (Å²) < 4.78 is 43.7. The normalized spacial score (nSPS) is 29.7. The van der Waals surface area contributed by atoms with Gasteiger partial charge in [0.2, 0.25) is 0 Å². The first-order valence-corrected chi connectivity index (χ1v) is 4.12. The van der Waals surface area contributed by atoms with Gasteiger partial charge in [-0.3, -0.25) is 5.32 Å². The van der Waals surface area contributed by atoms with Crippen LogP contribution >= 0.6 is 11.6 Å². The first-order chi connectivity index (χ1) is 6.54. The lowest BCUT2D eigenvalue weighted by Crippen LogP contribution is -2.55. The zero-order chi connectivity index (χ0) is 10.9. The number of halogens is 4. The third-order valence-electron chi connectivity index (χ3n) is 1.75. The van der Waals surface area contributed by atoms with Gasteiger partial charge < -0.3 is 4.74 Å². The Morgan fingerprint density at radius 2 is 2.07 bits per heavy atom. The molecule has 0 spiro atoms. The fourth-order valence-corrected chi connectivity index (χ4v) is 1.35. The Hall–Kier alpha value is -0.660. The molecule has 0 aromatic heterocycles. The molecular weight excluding hydrogens is 223 g/mol. The highest BCUT2D eigenvalue weighted by molar-refractivity contribution is 6.21. The minimum Gasteiger partial charge on any atom is -0.493 e. The summed E-state index contributed by atoms with van der Waals surface area (Å²) in [6.45, 7) is 0. The molecule has 0 aromatic rings. The summed E-state index contributed by atoms with van der Waals surface area (Å²) in [6, 6.07) is 0. The molecule has 1 rings (SSSR count). The molecule has 4 nitrogen and oxygen atoms in total. The molecule has 0 radical (unpaired) electrons. The highest BCUT2D eigenvalue weighted by Gasteiger charge is 2.42. The number of methoxy groups -OCH3 is 1. The lowest BCUT2D eigenvalue weighted by atomic mass is 10.4. The van der Waals surface area contributed by atoms with E-state index in [1.165, 1.54) is 7.05 Å². The molecular formula is C6H9ClF3N3O. The quantitative estimate of drug-likeness (QED) is 0.440. The highest BCUT2D eigenvalue weighted by Crippen LogP contribution is 2.31. The van der Waals surface area contributed by atoms with E-state index in [9.17, 15) is 13.4 Å². The van der Waals surface area contributed by atoms with Gasteiger partial charge >= 0.3 is 0 Å². The SMILES string of the molecule is CNC1N(F)C(F)=C(OC)C(Cl)N1F. The number of rotatable bonds is 2. The van der Waals surface area contributed by atoms with Crippen molar-refractivity contribution in [1.82, 2.24) is 15.6 Å². The van der Waals surface area contributed by atoms with E-state index < -0.39 is 28.6 Å². The molecule has 0 amide bonds. The zero-order valence-corrected chi connectivity index (χ0v) is 8.23. The van der Waals surface area contributed by atoms with E-state index in [2.05, 4.69) is 10.1 Å². The largest absolute Gasteiger partial charge is 0.493 e. The summed E-state index contributed by atoms with van der Waals surface area (Å²) >= 11 is 5.46. The van der Waals surface area contributed by atoms with Gasteiger partial charge in [0.05, 0.1) is 7.11 Å². The first kappa shape index (κ1) is 11.4. The van der Waals surface area contributed by atoms with Crippen molar-refractivity contribution in [2.45, 2.75) is 11.8 Å². The maximum absolute atomic E-state index is 13.2. The second-order valence-corrected chi connectivity index (χ2v) is 2.93. The molecule has 14 heavy (non-hydrogen) atoms. The van der Waals surface area contributed by atoms with E-state index in [1.807, 2.05) is 0 Å². The van der Waals surface area contributed by atoms with Crippen LogP contribution in [0, 0.1) is 0 Å². The Morgan fingerprint density at radius 3 is 2.50 bits per heavy atom. The van der Waals surface area contributed by atoms with E-state index in [1.54, 1.807) is 0 Å². The van der Waals surface area contributed by atoms with Crippen molar-refractivity contribution in [1.29, 1.82) is 0 Å². The molecule has 0 saturated carbocycles. The molecule has 0 aliphatic carbocycles. The Balaban J connectivity index is 3.03. The standard InChI is InChI=1S/C6H9ClF3N3O/c1-11-6-12(9)4(7)3(14-2)5(8)13(6)10/h4,6,11H,1-2H3. The molecule has 0 bridgehead atoms. The Kier molecular flexibility index (Phi) is 3.46. The van der Waals surface area contributed by atoms with Crippen LogP contribution in [0.1, 0.15) is 0 Å². The van der Waals surface area contributed by atoms with Gasteiger partial charge in [-0.1, -0.05) is 21.2 Å². The van der Waals surface area contributed by atoms with Crippen molar-refractivity contribution in [2.75, 3.05) is 14.2 Å². The van der Waals surface area contributed by atoms with Crippen LogP contribution in [-0.2, 0) is 4.74 Å². The number of hydrogen-bond donors (Lipinski definition) is 1. The van der Waals surface area contributed by atoms with Crippen molar-refractivity contribution in [3.8, 4) is 0 Å². The summed E-state index contributed by atoms with van der Waals surface area (Å²) in [5.74, 6) is -1.95. The second-order valence-electron chi connectivity index (χ2n) is 2.51. The summed E-state index contributed by atoms with van der Waals surface area (Å²) in [4.78, 5) is 0. The third-order valence-corrected chi connectivity index (χ3v) is 2.13. The smallest absolute Gasteiger partial charge is 0.261 e. The molecule has 1 aliphatic heterocycles. The zero-order valence-electron chi connectivity index (χ0n) is 7.47. The topological polar surface area (TPSA) is 27.7 Å². The van der Waals surface area contributed by atoms with Crippen LogP contribution in [0.4, 0.5) is 13.4 Å². The molecule has 1 N–H and O–H groups in total. The van der Waals surface area contributed by atoms with E-state index in [0.29, 0.717) is 0 Å². The fraction of sp³-hybridized carbons (Fsp3) is 0.667. The van der Waals surface area contributed by atoms with Gasteiger partial charge in [0, 0.05) is 0 Å². The lowest BCUT2D eigenvalue weighted by Gasteiger charge is -2.35. The third kappa shape index (κ3) is 1.62. The van der Waals surface area contributed by atoms with Crippen molar-refractivity contribution >= 4 is 11.6 Å². The van der Waals surface area contributed by atoms with E-state index in [-0.39, 0.29) is 5.12 Å². The van der Waals surface area contributed by atoms with Gasteiger partial charge in [-0.25, -0.2) is 0 Å². The molecule has 2 atom stereocenters. The number of nitrogens with one attached hydrogen (secondary N) is 1. The number of alkyl halides is 1. The molecule has 2 unspecified atom stereocenters. The molecule has 8 heteroatoms. The van der Waals surface area contributed by atoms with Gasteiger partial charge in [0.25, 0.3) is 5.95 Å². The average molecular weight is 232 g/mol. The summed E-state index contributed by atoms with van der Waals surface area (Å²) in [7, 11) is 2.34. The van der Waals surface area contributed by atoms with Crippen LogP contribution in [0.2, 0.25) is 0 Å². The van der Waals surface area contributed by atoms with E-state index in [0.717, 1.165) is 7.11 Å². The van der Waals surface area contributed by atoms with E-state index >= 15 is 0 Å². The maximum Gasteiger partial charge on any atom is 0.261 e. The minimum atomic E-state index is -1.60. The van der Waals surface area contributed by atoms with Gasteiger partial charge in [-0.2, -0.15) is 4.39 Å². The average Bonchev–Trinajstić information content (AvgIpc) is 2.17. The second kappa shape index (κ2) is 4.24. The van der Waals surface area contributed by atoms with Crippen LogP contribution < -0.4 is 5.32 Å². The molecule has 1 aliphatic rings. The number of nitrogens with zero attached hydrogens (tertiary/aromatic N) is 2. The van der Waals surface area contributed by atoms with Crippen LogP contribution in [0.5, 0.6) is 0 Å². The Bertz CT molecular complexity index is 252. The summed E-state index contributed by atoms with van der Waals surface area (Å²) in [6.07, 6.45) is -1.60. The molecule has 0 saturated heterocycles. The minimum absolute atomic E-state index is 0.108. The Labute approximate surface area is 83.7 Å². The monoisotopic (exact) mass is 231 g/mol. The predicted molar refractivity (Wildman–Crippen MR) is 43.5 cm³/mol. The van der Waals surface area contributed by atoms with Crippen LogP contribution in [0.25, 0.3) is 0 Å². The van der Waals surface area contributed by atoms with Crippen molar-refractivity contribution in [2.24, 2.45) is 0 Å². The van der Waals surface area contributed by atoms with Gasteiger partial charge in [-0.05, 0) is 7.05 Å². The summed E-state index contributed by atoms with van der Waals surface area (Å²) in [5.41, 5.74) is -1.50. The number of ether oxygens (including phenoxy) is 1. The van der Waals surface area contributed by atoms with Crippen LogP contribution in [0.15, 0.2) is 11.7 Å². The fourth-order valence-electron chi connectivity index (χ4n) is 1.06. The first-order valence-electron chi connectivity index (χ1n) is 3.68. The number of hydrogen-bond acceptors (Lipinski definition) is 4. The predicted octanol–water partition coefficient (Wildman–Crippen LogP) is 1.23. The molecule has 1 heterocycles. The van der Waals surface area contributed by atoms with Gasteiger partial charge in [-0.15, -0.1) is 9.60 Å². The van der Waals surface area contributed by atoms with Gasteiger partial charge in [0.1, 0.15) is 0 Å². The Morgan fingerprint density at radius 1 is 1.50 bits per heavy atom. The van der Waals surface area contributed by atoms with Crippen LogP contribution in [-0.4, -0.2) is 36.2 Å². The van der Waals surface area contributed by atoms with Crippen molar-refractivity contribution in [3.05, 3.63) is 11.7 Å². The summed E-state index contributed by atoms with van der Waals surface area (Å²) in [5, 5.41) is 1.64.